The number of benzene rings is 2. The Balaban J connectivity index is 2.61. The van der Waals surface area contributed by atoms with Crippen molar-refractivity contribution in [3.8, 4) is 5.75 Å². The summed E-state index contributed by atoms with van der Waals surface area (Å²) in [7, 11) is 1.68. The molecule has 2 rings (SSSR count). The van der Waals surface area contributed by atoms with E-state index in [0.29, 0.717) is 0 Å². The fourth-order valence-corrected chi connectivity index (χ4v) is 2.51. The molecule has 0 radical (unpaired) electrons. The zero-order valence-electron chi connectivity index (χ0n) is 12.0. The fraction of sp³-hybridized carbons (Fsp3) is 0.294. The first-order chi connectivity index (χ1) is 8.96. The maximum atomic E-state index is 6.63. The Morgan fingerprint density at radius 3 is 2.37 bits per heavy atom. The van der Waals surface area contributed by atoms with Crippen LogP contribution in [0.1, 0.15) is 29.2 Å². The van der Waals surface area contributed by atoms with Crippen molar-refractivity contribution in [1.82, 2.24) is 0 Å². The molecular weight excluding hydrogens is 234 g/mol. The molecule has 2 heteroatoms. The molecular formula is C17H21NO. The highest BCUT2D eigenvalue weighted by Gasteiger charge is 2.28. The van der Waals surface area contributed by atoms with E-state index in [2.05, 4.69) is 32.0 Å². The van der Waals surface area contributed by atoms with Crippen molar-refractivity contribution in [2.45, 2.75) is 26.3 Å². The van der Waals surface area contributed by atoms with E-state index in [0.717, 1.165) is 16.9 Å². The Morgan fingerprint density at radius 1 is 1.00 bits per heavy atom. The Bertz CT molecular complexity index is 588. The van der Waals surface area contributed by atoms with Gasteiger partial charge in [0.25, 0.3) is 0 Å². The van der Waals surface area contributed by atoms with Gasteiger partial charge in [-0.3, -0.25) is 0 Å². The Labute approximate surface area is 115 Å². The average Bonchev–Trinajstić information content (AvgIpc) is 2.41. The average molecular weight is 255 g/mol. The summed E-state index contributed by atoms with van der Waals surface area (Å²) in [5.41, 5.74) is 10.6. The Hall–Kier alpha value is -1.80. The van der Waals surface area contributed by atoms with Crippen LogP contribution in [0.3, 0.4) is 0 Å². The number of nitrogens with two attached hydrogens (primary N) is 1. The molecule has 0 saturated carbocycles. The van der Waals surface area contributed by atoms with Gasteiger partial charge < -0.3 is 10.5 Å². The molecule has 100 valence electrons. The third-order valence-electron chi connectivity index (χ3n) is 3.62. The van der Waals surface area contributed by atoms with E-state index >= 15 is 0 Å². The summed E-state index contributed by atoms with van der Waals surface area (Å²) in [6.07, 6.45) is 0. The summed E-state index contributed by atoms with van der Waals surface area (Å²) >= 11 is 0. The summed E-state index contributed by atoms with van der Waals surface area (Å²) in [4.78, 5) is 0. The van der Waals surface area contributed by atoms with E-state index < -0.39 is 5.54 Å². The molecule has 0 aliphatic carbocycles. The molecule has 0 bridgehead atoms. The van der Waals surface area contributed by atoms with Crippen molar-refractivity contribution in [3.05, 3.63) is 64.7 Å². The van der Waals surface area contributed by atoms with Gasteiger partial charge in [0.2, 0.25) is 0 Å². The molecule has 0 aliphatic rings. The van der Waals surface area contributed by atoms with Crippen LogP contribution >= 0.6 is 0 Å². The molecule has 2 nitrogen and oxygen atoms in total. The largest absolute Gasteiger partial charge is 0.496 e. The molecule has 0 fully saturated rings. The van der Waals surface area contributed by atoms with E-state index in [1.54, 1.807) is 7.11 Å². The quantitative estimate of drug-likeness (QED) is 0.910. The molecule has 0 heterocycles. The second-order valence-corrected chi connectivity index (χ2v) is 5.22. The molecule has 0 aliphatic heterocycles. The zero-order valence-corrected chi connectivity index (χ0v) is 12.0. The first-order valence-corrected chi connectivity index (χ1v) is 6.47. The standard InChI is InChI=1S/C17H21NO/c1-12-9-10-13(2)15(11-12)17(3,18)14-7-5-6-8-16(14)19-4/h5-11H,18H2,1-4H3. The SMILES string of the molecule is COc1ccccc1C(C)(N)c1cc(C)ccc1C. The second-order valence-electron chi connectivity index (χ2n) is 5.22. The normalized spacial score (nSPS) is 13.9. The molecule has 0 saturated heterocycles. The van der Waals surface area contributed by atoms with Crippen LogP contribution in [0.15, 0.2) is 42.5 Å². The topological polar surface area (TPSA) is 35.2 Å². The summed E-state index contributed by atoms with van der Waals surface area (Å²) in [6, 6.07) is 14.3. The van der Waals surface area contributed by atoms with E-state index in [9.17, 15) is 0 Å². The van der Waals surface area contributed by atoms with Gasteiger partial charge in [-0.1, -0.05) is 42.0 Å². The molecule has 0 amide bonds. The number of para-hydroxylation sites is 1. The monoisotopic (exact) mass is 255 g/mol. The van der Waals surface area contributed by atoms with E-state index in [1.807, 2.05) is 31.2 Å². The fourth-order valence-electron chi connectivity index (χ4n) is 2.51. The predicted molar refractivity (Wildman–Crippen MR) is 79.6 cm³/mol. The molecule has 19 heavy (non-hydrogen) atoms. The van der Waals surface area contributed by atoms with Crippen molar-refractivity contribution >= 4 is 0 Å². The van der Waals surface area contributed by atoms with Crippen molar-refractivity contribution < 1.29 is 4.74 Å². The third kappa shape index (κ3) is 2.49. The van der Waals surface area contributed by atoms with Crippen LogP contribution in [0.25, 0.3) is 0 Å². The van der Waals surface area contributed by atoms with Gasteiger partial charge in [-0.25, -0.2) is 0 Å². The van der Waals surface area contributed by atoms with Gasteiger partial charge in [-0.2, -0.15) is 0 Å². The zero-order chi connectivity index (χ0) is 14.0. The Kier molecular flexibility index (Phi) is 3.63. The predicted octanol–water partition coefficient (Wildman–Crippen LogP) is 3.53. The number of rotatable bonds is 3. The Morgan fingerprint density at radius 2 is 1.68 bits per heavy atom. The molecule has 0 spiro atoms. The van der Waals surface area contributed by atoms with Crippen molar-refractivity contribution in [3.63, 3.8) is 0 Å². The van der Waals surface area contributed by atoms with Crippen LogP contribution in [-0.2, 0) is 5.54 Å². The lowest BCUT2D eigenvalue weighted by Crippen LogP contribution is -2.35. The van der Waals surface area contributed by atoms with Crippen molar-refractivity contribution in [2.24, 2.45) is 5.73 Å². The minimum atomic E-state index is -0.567. The third-order valence-corrected chi connectivity index (χ3v) is 3.62. The highest BCUT2D eigenvalue weighted by molar-refractivity contribution is 5.48. The number of hydrogen-bond donors (Lipinski definition) is 1. The van der Waals surface area contributed by atoms with Gasteiger partial charge in [0.1, 0.15) is 5.75 Å². The molecule has 1 unspecified atom stereocenters. The van der Waals surface area contributed by atoms with Crippen LogP contribution in [0, 0.1) is 13.8 Å². The smallest absolute Gasteiger partial charge is 0.124 e. The number of aryl methyl sites for hydroxylation is 2. The van der Waals surface area contributed by atoms with Gasteiger partial charge in [-0.05, 0) is 38.0 Å². The summed E-state index contributed by atoms with van der Waals surface area (Å²) in [5, 5.41) is 0. The maximum Gasteiger partial charge on any atom is 0.124 e. The number of methoxy groups -OCH3 is 1. The molecule has 0 aromatic heterocycles. The number of ether oxygens (including phenoxy) is 1. The first-order valence-electron chi connectivity index (χ1n) is 6.47. The van der Waals surface area contributed by atoms with Crippen molar-refractivity contribution in [1.29, 1.82) is 0 Å². The minimum absolute atomic E-state index is 0.567. The van der Waals surface area contributed by atoms with Crippen LogP contribution in [0.4, 0.5) is 0 Å². The van der Waals surface area contributed by atoms with E-state index in [1.165, 1.54) is 11.1 Å². The lowest BCUT2D eigenvalue weighted by Gasteiger charge is -2.29. The number of hydrogen-bond acceptors (Lipinski definition) is 2. The van der Waals surface area contributed by atoms with Crippen LogP contribution in [-0.4, -0.2) is 7.11 Å². The maximum absolute atomic E-state index is 6.63. The molecule has 2 aromatic rings. The van der Waals surface area contributed by atoms with Crippen LogP contribution < -0.4 is 10.5 Å². The highest BCUT2D eigenvalue weighted by atomic mass is 16.5. The van der Waals surface area contributed by atoms with E-state index in [-0.39, 0.29) is 0 Å². The highest BCUT2D eigenvalue weighted by Crippen LogP contribution is 2.35. The van der Waals surface area contributed by atoms with Gasteiger partial charge in [0, 0.05) is 5.56 Å². The van der Waals surface area contributed by atoms with E-state index in [4.69, 9.17) is 10.5 Å². The summed E-state index contributed by atoms with van der Waals surface area (Å²) in [5.74, 6) is 0.827. The summed E-state index contributed by atoms with van der Waals surface area (Å²) < 4.78 is 5.44. The first kappa shape index (κ1) is 13.6. The van der Waals surface area contributed by atoms with Crippen LogP contribution in [0.5, 0.6) is 5.75 Å². The van der Waals surface area contributed by atoms with Crippen molar-refractivity contribution in [2.75, 3.05) is 7.11 Å². The lowest BCUT2D eigenvalue weighted by atomic mass is 9.82. The van der Waals surface area contributed by atoms with Gasteiger partial charge in [-0.15, -0.1) is 0 Å². The molecule has 1 atom stereocenters. The van der Waals surface area contributed by atoms with Gasteiger partial charge >= 0.3 is 0 Å². The van der Waals surface area contributed by atoms with Gasteiger partial charge in [0.15, 0.2) is 0 Å². The molecule has 2 aromatic carbocycles. The lowest BCUT2D eigenvalue weighted by molar-refractivity contribution is 0.398. The summed E-state index contributed by atoms with van der Waals surface area (Å²) in [6.45, 7) is 6.21. The minimum Gasteiger partial charge on any atom is -0.496 e. The van der Waals surface area contributed by atoms with Gasteiger partial charge in [0.05, 0.1) is 12.6 Å². The van der Waals surface area contributed by atoms with Crippen LogP contribution in [0.2, 0.25) is 0 Å². The molecule has 2 N–H and O–H groups in total. The second kappa shape index (κ2) is 5.06.